The van der Waals surface area contributed by atoms with Crippen LogP contribution in [0.2, 0.25) is 0 Å². The first-order valence-electron chi connectivity index (χ1n) is 39.1. The van der Waals surface area contributed by atoms with Crippen molar-refractivity contribution in [3.05, 3.63) is 197 Å². The summed E-state index contributed by atoms with van der Waals surface area (Å²) >= 11 is 0. The van der Waals surface area contributed by atoms with Gasteiger partial charge in [-0.3, -0.25) is 0 Å². The van der Waals surface area contributed by atoms with Crippen LogP contribution in [0.25, 0.3) is 104 Å². The fourth-order valence-electron chi connectivity index (χ4n) is 12.1. The third-order valence-electron chi connectivity index (χ3n) is 18.3. The van der Waals surface area contributed by atoms with E-state index in [1.54, 1.807) is 74.4 Å². The van der Waals surface area contributed by atoms with Gasteiger partial charge < -0.3 is 0 Å². The Bertz CT molecular complexity index is 4430. The lowest BCUT2D eigenvalue weighted by atomic mass is 9.97. The molecular weight excluding hydrogens is 1340 g/mol. The minimum atomic E-state index is 0.401. The van der Waals surface area contributed by atoms with Gasteiger partial charge in [0.2, 0.25) is 34.9 Å². The summed E-state index contributed by atoms with van der Waals surface area (Å²) < 4.78 is 0. The van der Waals surface area contributed by atoms with E-state index in [1.807, 2.05) is 41.5 Å². The first-order valence-corrected chi connectivity index (χ1v) is 39.1. The van der Waals surface area contributed by atoms with Gasteiger partial charge >= 0.3 is 0 Å². The minimum absolute atomic E-state index is 0.401. The van der Waals surface area contributed by atoms with E-state index in [0.29, 0.717) is 87.4 Å². The van der Waals surface area contributed by atoms with E-state index in [2.05, 4.69) is 179 Å². The van der Waals surface area contributed by atoms with Gasteiger partial charge in [-0.25, -0.2) is 105 Å². The SMILES string of the molecule is CCCCCCCCCCCCc1ccc(-c2nc(-c3ncc(C)cn3)nc(-c3ncc(C)cn3)n2)cc1.CCCCCCc1cc(CCCCCC)cc(-c2nc(-c3ncc(C)cn3)nc(-c3ncc(C)cn3)n2)c1.CCCCCCc1ccc(-c2nc(-c3ncc(C)cn3)nc(-c3ncc(C)cn3)n2)cc1. The van der Waals surface area contributed by atoms with E-state index in [-0.39, 0.29) is 0 Å². The highest BCUT2D eigenvalue weighted by atomic mass is 15.1. The summed E-state index contributed by atoms with van der Waals surface area (Å²) in [7, 11) is 0. The number of nitrogens with zero attached hydrogens (tertiary/aromatic N) is 21. The first-order chi connectivity index (χ1) is 52.8. The third kappa shape index (κ3) is 25.2. The van der Waals surface area contributed by atoms with Gasteiger partial charge in [-0.15, -0.1) is 0 Å². The molecule has 0 unspecified atom stereocenters. The van der Waals surface area contributed by atoms with Crippen molar-refractivity contribution < 1.29 is 0 Å². The molecule has 0 bridgehead atoms. The molecule has 0 radical (unpaired) electrons. The number of aromatic nitrogens is 21. The lowest BCUT2D eigenvalue weighted by molar-refractivity contribution is 0.556. The molecule has 0 spiro atoms. The van der Waals surface area contributed by atoms with Crippen LogP contribution in [-0.2, 0) is 25.7 Å². The molecule has 0 N–H and O–H groups in total. The maximum absolute atomic E-state index is 4.85. The Labute approximate surface area is 638 Å². The van der Waals surface area contributed by atoms with Crippen LogP contribution in [0.1, 0.15) is 225 Å². The summed E-state index contributed by atoms with van der Waals surface area (Å²) in [4.78, 5) is 95.4. The van der Waals surface area contributed by atoms with Crippen LogP contribution in [0.5, 0.6) is 0 Å². The third-order valence-corrected chi connectivity index (χ3v) is 18.3. The van der Waals surface area contributed by atoms with Crippen molar-refractivity contribution >= 4 is 0 Å². The summed E-state index contributed by atoms with van der Waals surface area (Å²) in [6, 6.07) is 23.8. The molecule has 0 aliphatic carbocycles. The van der Waals surface area contributed by atoms with E-state index in [9.17, 15) is 0 Å². The standard InChI is InChI=1S/2C31H39N7.C25H27N7/c1-5-7-9-11-13-24-15-25(14-12-10-8-6-2)17-26(16-24)27-36-30(28-32-18-22(3)19-33-28)38-31(37-27)29-34-20-23(4)21-35-29;1-4-5-6-7-8-9-10-11-12-13-14-25-15-17-26(18-16-25)27-36-30(28-32-19-23(2)20-33-28)38-31(37-27)29-34-21-24(3)22-35-29;1-4-5-6-7-8-19-9-11-20(12-10-19)21-30-24(22-26-13-17(2)14-27-22)32-25(31-21)23-28-15-18(3)16-29-23/h15-21H,5-14H2,1-4H3;15-22H,4-14H2,1-3H3;9-16H,4-8H2,1-3H3. The van der Waals surface area contributed by atoms with Crippen molar-refractivity contribution in [2.75, 3.05) is 0 Å². The predicted octanol–water partition coefficient (Wildman–Crippen LogP) is 20.0. The van der Waals surface area contributed by atoms with Gasteiger partial charge in [0, 0.05) is 91.1 Å². The molecule has 0 aliphatic heterocycles. The van der Waals surface area contributed by atoms with Crippen LogP contribution < -0.4 is 0 Å². The molecule has 0 saturated carbocycles. The Hall–Kier alpha value is -10.8. The topological polar surface area (TPSA) is 271 Å². The molecular formula is C87H105N21. The number of benzene rings is 3. The number of unbranched alkanes of at least 4 members (excludes halogenated alkanes) is 18. The van der Waals surface area contributed by atoms with Crippen LogP contribution in [0.3, 0.4) is 0 Å². The number of hydrogen-bond donors (Lipinski definition) is 0. The minimum Gasteiger partial charge on any atom is -0.234 e. The molecule has 3 aromatic carbocycles. The fraction of sp³-hybridized carbons (Fsp3) is 0.414. The van der Waals surface area contributed by atoms with Gasteiger partial charge in [0.1, 0.15) is 0 Å². The second-order valence-electron chi connectivity index (χ2n) is 28.2. The van der Waals surface area contributed by atoms with Crippen molar-refractivity contribution in [3.63, 3.8) is 0 Å². The molecule has 0 fully saturated rings. The number of rotatable bonds is 35. The molecule has 0 amide bonds. The maximum Gasteiger partial charge on any atom is 0.201 e. The smallest absolute Gasteiger partial charge is 0.201 e. The highest BCUT2D eigenvalue weighted by Gasteiger charge is 2.20. The summed E-state index contributed by atoms with van der Waals surface area (Å²) in [5.74, 6) is 6.88. The van der Waals surface area contributed by atoms with Crippen molar-refractivity contribution in [1.29, 1.82) is 0 Å². The first kappa shape index (κ1) is 79.7. The molecule has 12 rings (SSSR count). The van der Waals surface area contributed by atoms with Crippen LogP contribution in [-0.4, -0.2) is 105 Å². The van der Waals surface area contributed by atoms with Crippen molar-refractivity contribution in [2.24, 2.45) is 0 Å². The monoisotopic (exact) mass is 1440 g/mol. The van der Waals surface area contributed by atoms with Gasteiger partial charge in [-0.05, 0) is 161 Å². The zero-order valence-electron chi connectivity index (χ0n) is 65.1. The zero-order valence-corrected chi connectivity index (χ0v) is 65.1. The average Bonchev–Trinajstić information content (AvgIpc) is 0.808. The quantitative estimate of drug-likeness (QED) is 0.0334. The Morgan fingerprint density at radius 3 is 0.593 bits per heavy atom. The molecule has 108 heavy (non-hydrogen) atoms. The summed E-state index contributed by atoms with van der Waals surface area (Å²) in [5, 5.41) is 0. The molecule has 9 heterocycles. The lowest BCUT2D eigenvalue weighted by Crippen LogP contribution is -2.05. The Morgan fingerprint density at radius 2 is 0.361 bits per heavy atom. The molecule has 9 aromatic heterocycles. The van der Waals surface area contributed by atoms with Gasteiger partial charge in [0.15, 0.2) is 52.4 Å². The van der Waals surface area contributed by atoms with Crippen molar-refractivity contribution in [2.45, 2.75) is 236 Å². The highest BCUT2D eigenvalue weighted by Crippen LogP contribution is 2.29. The second-order valence-corrected chi connectivity index (χ2v) is 28.2. The lowest BCUT2D eigenvalue weighted by Gasteiger charge is -2.11. The van der Waals surface area contributed by atoms with E-state index >= 15 is 0 Å². The maximum atomic E-state index is 4.85. The van der Waals surface area contributed by atoms with Gasteiger partial charge in [-0.1, -0.05) is 198 Å². The summed E-state index contributed by atoms with van der Waals surface area (Å²) in [6.45, 7) is 20.7. The van der Waals surface area contributed by atoms with Crippen LogP contribution in [0.4, 0.5) is 0 Å². The summed E-state index contributed by atoms with van der Waals surface area (Å²) in [6.07, 6.45) is 53.9. The van der Waals surface area contributed by atoms with E-state index in [0.717, 1.165) is 75.8 Å². The van der Waals surface area contributed by atoms with E-state index in [4.69, 9.17) is 19.9 Å². The molecule has 0 aliphatic rings. The average molecular weight is 1440 g/mol. The van der Waals surface area contributed by atoms with E-state index in [1.165, 1.54) is 164 Å². The molecule has 21 heteroatoms. The highest BCUT2D eigenvalue weighted by molar-refractivity contribution is 5.65. The van der Waals surface area contributed by atoms with Gasteiger partial charge in [0.25, 0.3) is 0 Å². The molecule has 0 saturated heterocycles. The molecule has 21 nitrogen and oxygen atoms in total. The Kier molecular flexibility index (Phi) is 31.4. The van der Waals surface area contributed by atoms with E-state index < -0.39 is 0 Å². The number of hydrogen-bond acceptors (Lipinski definition) is 21. The van der Waals surface area contributed by atoms with Crippen LogP contribution in [0, 0.1) is 41.5 Å². The molecule has 558 valence electrons. The van der Waals surface area contributed by atoms with Gasteiger partial charge in [-0.2, -0.15) is 0 Å². The predicted molar refractivity (Wildman–Crippen MR) is 429 cm³/mol. The second kappa shape index (κ2) is 42.5. The van der Waals surface area contributed by atoms with Crippen molar-refractivity contribution in [3.8, 4) is 104 Å². The normalized spacial score (nSPS) is 11.1. The largest absolute Gasteiger partial charge is 0.234 e. The molecule has 0 atom stereocenters. The zero-order chi connectivity index (χ0) is 75.7. The van der Waals surface area contributed by atoms with Crippen LogP contribution >= 0.6 is 0 Å². The summed E-state index contributed by atoms with van der Waals surface area (Å²) in [5.41, 5.74) is 14.0. The molecule has 12 aromatic rings. The number of aryl methyl sites for hydroxylation is 10. The van der Waals surface area contributed by atoms with Crippen molar-refractivity contribution in [1.82, 2.24) is 105 Å². The Balaban J connectivity index is 0.000000174. The fourth-order valence-corrected chi connectivity index (χ4v) is 12.1. The van der Waals surface area contributed by atoms with Crippen LogP contribution in [0.15, 0.2) is 141 Å². The van der Waals surface area contributed by atoms with Gasteiger partial charge in [0.05, 0.1) is 0 Å². The Morgan fingerprint density at radius 1 is 0.176 bits per heavy atom.